The maximum absolute atomic E-state index is 12.3. The van der Waals surface area contributed by atoms with Crippen LogP contribution in [0.2, 0.25) is 0 Å². The Hall–Kier alpha value is -1.58. The van der Waals surface area contributed by atoms with Crippen molar-refractivity contribution in [2.24, 2.45) is 0 Å². The van der Waals surface area contributed by atoms with Crippen LogP contribution >= 0.6 is 0 Å². The van der Waals surface area contributed by atoms with Gasteiger partial charge in [0.05, 0.1) is 0 Å². The third-order valence-corrected chi connectivity index (χ3v) is 2.97. The minimum absolute atomic E-state index is 0.0515. The predicted molar refractivity (Wildman–Crippen MR) is 68.2 cm³/mol. The Bertz CT molecular complexity index is 437. The summed E-state index contributed by atoms with van der Waals surface area (Å²) in [6, 6.07) is 5.81. The molecule has 1 aromatic rings. The van der Waals surface area contributed by atoms with Gasteiger partial charge in [-0.25, -0.2) is 9.78 Å². The van der Waals surface area contributed by atoms with Gasteiger partial charge in [-0.2, -0.15) is 0 Å². The average Bonchev–Trinajstić information content (AvgIpc) is 2.59. The van der Waals surface area contributed by atoms with E-state index in [4.69, 9.17) is 0 Å². The summed E-state index contributed by atoms with van der Waals surface area (Å²) in [4.78, 5) is 20.3. The van der Waals surface area contributed by atoms with E-state index in [0.717, 1.165) is 18.1 Å². The highest BCUT2D eigenvalue weighted by molar-refractivity contribution is 5.93. The summed E-state index contributed by atoms with van der Waals surface area (Å²) in [7, 11) is 0. The van der Waals surface area contributed by atoms with Crippen LogP contribution in [0.25, 0.3) is 0 Å². The number of carbonyl (C=O) groups excluding carboxylic acids is 1. The van der Waals surface area contributed by atoms with Gasteiger partial charge in [-0.3, -0.25) is 4.90 Å². The molecule has 2 rings (SSSR count). The fraction of sp³-hybridized carbons (Fsp3) is 0.538. The molecule has 92 valence electrons. The first-order chi connectivity index (χ1) is 7.89. The van der Waals surface area contributed by atoms with Crippen LogP contribution in [0.15, 0.2) is 18.2 Å². The lowest BCUT2D eigenvalue weighted by Gasteiger charge is -2.31. The maximum atomic E-state index is 12.3. The van der Waals surface area contributed by atoms with E-state index in [0.29, 0.717) is 6.54 Å². The van der Waals surface area contributed by atoms with E-state index in [1.165, 1.54) is 0 Å². The second-order valence-corrected chi connectivity index (χ2v) is 5.39. The van der Waals surface area contributed by atoms with Crippen LogP contribution in [-0.2, 0) is 0 Å². The Labute approximate surface area is 102 Å². The van der Waals surface area contributed by atoms with Gasteiger partial charge < -0.3 is 4.90 Å². The third kappa shape index (κ3) is 2.25. The molecule has 0 saturated carbocycles. The molecule has 17 heavy (non-hydrogen) atoms. The second kappa shape index (κ2) is 4.02. The molecule has 1 aliphatic heterocycles. The van der Waals surface area contributed by atoms with Gasteiger partial charge in [-0.15, -0.1) is 0 Å². The minimum Gasteiger partial charge on any atom is -0.318 e. The highest BCUT2D eigenvalue weighted by Gasteiger charge is 2.36. The zero-order chi connectivity index (χ0) is 12.6. The summed E-state index contributed by atoms with van der Waals surface area (Å²) in [6.07, 6.45) is 0. The van der Waals surface area contributed by atoms with Crippen LogP contribution in [0.3, 0.4) is 0 Å². The molecule has 1 aliphatic rings. The van der Waals surface area contributed by atoms with Crippen molar-refractivity contribution in [2.45, 2.75) is 33.2 Å². The molecule has 0 radical (unpaired) electrons. The topological polar surface area (TPSA) is 36.4 Å². The number of aromatic nitrogens is 1. The SMILES string of the molecule is Cc1cccc(N2CCN(C(C)(C)C)C2=O)n1. The Morgan fingerprint density at radius 3 is 2.47 bits per heavy atom. The Morgan fingerprint density at radius 2 is 1.94 bits per heavy atom. The summed E-state index contributed by atoms with van der Waals surface area (Å²) >= 11 is 0. The summed E-state index contributed by atoms with van der Waals surface area (Å²) < 4.78 is 0. The van der Waals surface area contributed by atoms with E-state index in [1.807, 2.05) is 30.0 Å². The summed E-state index contributed by atoms with van der Waals surface area (Å²) in [6.45, 7) is 9.57. The van der Waals surface area contributed by atoms with Crippen molar-refractivity contribution >= 4 is 11.8 Å². The molecule has 0 N–H and O–H groups in total. The maximum Gasteiger partial charge on any atom is 0.326 e. The average molecular weight is 233 g/mol. The summed E-state index contributed by atoms with van der Waals surface area (Å²) in [5.74, 6) is 0.752. The number of urea groups is 1. The highest BCUT2D eigenvalue weighted by Crippen LogP contribution is 2.24. The molecule has 1 fully saturated rings. The molecule has 0 aromatic carbocycles. The summed E-state index contributed by atoms with van der Waals surface area (Å²) in [5.41, 5.74) is 0.805. The number of rotatable bonds is 1. The fourth-order valence-corrected chi connectivity index (χ4v) is 2.05. The molecule has 2 heterocycles. The number of carbonyl (C=O) groups is 1. The fourth-order valence-electron chi connectivity index (χ4n) is 2.05. The number of pyridine rings is 1. The molecular formula is C13H19N3O. The van der Waals surface area contributed by atoms with Crippen LogP contribution < -0.4 is 4.90 Å². The van der Waals surface area contributed by atoms with Crippen LogP contribution in [-0.4, -0.2) is 34.5 Å². The zero-order valence-electron chi connectivity index (χ0n) is 10.9. The molecule has 0 unspecified atom stereocenters. The quantitative estimate of drug-likeness (QED) is 0.747. The number of amides is 2. The molecule has 4 nitrogen and oxygen atoms in total. The second-order valence-electron chi connectivity index (χ2n) is 5.39. The summed E-state index contributed by atoms with van der Waals surface area (Å²) in [5, 5.41) is 0. The monoisotopic (exact) mass is 233 g/mol. The zero-order valence-corrected chi connectivity index (χ0v) is 10.9. The molecule has 2 amide bonds. The smallest absolute Gasteiger partial charge is 0.318 e. The highest BCUT2D eigenvalue weighted by atomic mass is 16.2. The largest absolute Gasteiger partial charge is 0.326 e. The predicted octanol–water partition coefficient (Wildman–Crippen LogP) is 2.43. The van der Waals surface area contributed by atoms with Gasteiger partial charge in [0.2, 0.25) is 0 Å². The van der Waals surface area contributed by atoms with Crippen LogP contribution in [0.4, 0.5) is 10.6 Å². The van der Waals surface area contributed by atoms with Crippen molar-refractivity contribution in [2.75, 3.05) is 18.0 Å². The van der Waals surface area contributed by atoms with Gasteiger partial charge in [0.25, 0.3) is 0 Å². The van der Waals surface area contributed by atoms with Crippen molar-refractivity contribution < 1.29 is 4.79 Å². The standard InChI is InChI=1S/C13H19N3O/c1-10-6-5-7-11(14-10)15-8-9-16(12(15)17)13(2,3)4/h5-7H,8-9H2,1-4H3. The molecule has 1 aromatic heterocycles. The van der Waals surface area contributed by atoms with E-state index in [9.17, 15) is 4.79 Å². The van der Waals surface area contributed by atoms with Crippen LogP contribution in [0, 0.1) is 6.92 Å². The number of nitrogens with zero attached hydrogens (tertiary/aromatic N) is 3. The van der Waals surface area contributed by atoms with E-state index in [1.54, 1.807) is 4.90 Å². The molecule has 0 aliphatic carbocycles. The molecular weight excluding hydrogens is 214 g/mol. The van der Waals surface area contributed by atoms with Gasteiger partial charge in [-0.1, -0.05) is 6.07 Å². The molecule has 0 bridgehead atoms. The third-order valence-electron chi connectivity index (χ3n) is 2.97. The van der Waals surface area contributed by atoms with Gasteiger partial charge >= 0.3 is 6.03 Å². The van der Waals surface area contributed by atoms with Gasteiger partial charge in [0.1, 0.15) is 5.82 Å². The number of anilines is 1. The minimum atomic E-state index is -0.129. The first-order valence-electron chi connectivity index (χ1n) is 5.92. The van der Waals surface area contributed by atoms with Gasteiger partial charge in [0.15, 0.2) is 0 Å². The van der Waals surface area contributed by atoms with Gasteiger partial charge in [-0.05, 0) is 39.8 Å². The Kier molecular flexibility index (Phi) is 2.81. The van der Waals surface area contributed by atoms with E-state index in [-0.39, 0.29) is 11.6 Å². The number of hydrogen-bond acceptors (Lipinski definition) is 2. The lowest BCUT2D eigenvalue weighted by atomic mass is 10.1. The molecule has 0 atom stereocenters. The van der Waals surface area contributed by atoms with Crippen molar-refractivity contribution in [1.82, 2.24) is 9.88 Å². The van der Waals surface area contributed by atoms with Crippen molar-refractivity contribution in [3.05, 3.63) is 23.9 Å². The van der Waals surface area contributed by atoms with Crippen molar-refractivity contribution in [3.8, 4) is 0 Å². The normalized spacial score (nSPS) is 16.8. The van der Waals surface area contributed by atoms with Crippen molar-refractivity contribution in [1.29, 1.82) is 0 Å². The first-order valence-corrected chi connectivity index (χ1v) is 5.92. The van der Waals surface area contributed by atoms with Crippen LogP contribution in [0.5, 0.6) is 0 Å². The number of hydrogen-bond donors (Lipinski definition) is 0. The molecule has 1 saturated heterocycles. The molecule has 0 spiro atoms. The van der Waals surface area contributed by atoms with Gasteiger partial charge in [0, 0.05) is 24.3 Å². The van der Waals surface area contributed by atoms with E-state index >= 15 is 0 Å². The lowest BCUT2D eigenvalue weighted by molar-refractivity contribution is 0.173. The Balaban J connectivity index is 2.24. The lowest BCUT2D eigenvalue weighted by Crippen LogP contribution is -2.44. The van der Waals surface area contributed by atoms with Crippen LogP contribution in [0.1, 0.15) is 26.5 Å². The molecule has 4 heteroatoms. The Morgan fingerprint density at radius 1 is 1.24 bits per heavy atom. The number of aryl methyl sites for hydroxylation is 1. The van der Waals surface area contributed by atoms with E-state index in [2.05, 4.69) is 25.8 Å². The van der Waals surface area contributed by atoms with Crippen molar-refractivity contribution in [3.63, 3.8) is 0 Å². The first kappa shape index (κ1) is 11.9. The van der Waals surface area contributed by atoms with E-state index < -0.39 is 0 Å².